The second kappa shape index (κ2) is 8.56. The number of methoxy groups -OCH3 is 2. The van der Waals surface area contributed by atoms with E-state index in [2.05, 4.69) is 5.10 Å². The van der Waals surface area contributed by atoms with E-state index in [4.69, 9.17) is 14.6 Å². The minimum absolute atomic E-state index is 0.106. The molecule has 7 nitrogen and oxygen atoms in total. The van der Waals surface area contributed by atoms with Crippen LogP contribution in [0, 0.1) is 0 Å². The predicted molar refractivity (Wildman–Crippen MR) is 104 cm³/mol. The van der Waals surface area contributed by atoms with Gasteiger partial charge in [-0.3, -0.25) is 9.59 Å². The van der Waals surface area contributed by atoms with Crippen LogP contribution in [0.25, 0.3) is 0 Å². The lowest BCUT2D eigenvalue weighted by Crippen LogP contribution is -2.27. The largest absolute Gasteiger partial charge is 0.493 e. The monoisotopic (exact) mass is 382 g/mol. The molecule has 0 spiro atoms. The van der Waals surface area contributed by atoms with Gasteiger partial charge in [-0.1, -0.05) is 36.4 Å². The lowest BCUT2D eigenvalue weighted by molar-refractivity contribution is -0.141. The molecule has 2 aromatic rings. The molecule has 1 aliphatic rings. The van der Waals surface area contributed by atoms with Gasteiger partial charge in [0.05, 0.1) is 32.4 Å². The maximum Gasteiger partial charge on any atom is 0.303 e. The smallest absolute Gasteiger partial charge is 0.303 e. The van der Waals surface area contributed by atoms with Crippen molar-refractivity contribution in [3.63, 3.8) is 0 Å². The van der Waals surface area contributed by atoms with Crippen LogP contribution in [0.3, 0.4) is 0 Å². The van der Waals surface area contributed by atoms with Crippen molar-refractivity contribution in [3.05, 3.63) is 59.7 Å². The number of carboxylic acids is 1. The van der Waals surface area contributed by atoms with Crippen molar-refractivity contribution >= 4 is 17.6 Å². The van der Waals surface area contributed by atoms with Gasteiger partial charge in [0.15, 0.2) is 11.5 Å². The van der Waals surface area contributed by atoms with E-state index in [1.807, 2.05) is 42.5 Å². The molecule has 0 saturated carbocycles. The van der Waals surface area contributed by atoms with Gasteiger partial charge < -0.3 is 14.6 Å². The topological polar surface area (TPSA) is 88.4 Å². The third-order valence-corrected chi connectivity index (χ3v) is 4.62. The van der Waals surface area contributed by atoms with Gasteiger partial charge >= 0.3 is 5.97 Å². The fourth-order valence-electron chi connectivity index (χ4n) is 3.19. The molecule has 7 heteroatoms. The highest BCUT2D eigenvalue weighted by Crippen LogP contribution is 2.37. The molecule has 1 N–H and O–H groups in total. The Labute approximate surface area is 163 Å². The van der Waals surface area contributed by atoms with Crippen LogP contribution in [0.4, 0.5) is 0 Å². The van der Waals surface area contributed by atoms with Gasteiger partial charge in [0.2, 0.25) is 5.91 Å². The summed E-state index contributed by atoms with van der Waals surface area (Å²) in [5.41, 5.74) is 2.56. The quantitative estimate of drug-likeness (QED) is 0.794. The predicted octanol–water partition coefficient (Wildman–Crippen LogP) is 3.25. The number of benzene rings is 2. The van der Waals surface area contributed by atoms with Crippen LogP contribution in [-0.4, -0.2) is 41.9 Å². The zero-order chi connectivity index (χ0) is 20.1. The average molecular weight is 382 g/mol. The van der Waals surface area contributed by atoms with Gasteiger partial charge in [-0.15, -0.1) is 0 Å². The molecule has 0 radical (unpaired) electrons. The van der Waals surface area contributed by atoms with Crippen molar-refractivity contribution in [3.8, 4) is 11.5 Å². The van der Waals surface area contributed by atoms with Gasteiger partial charge in [0.25, 0.3) is 0 Å². The first kappa shape index (κ1) is 19.4. The number of carbonyl (C=O) groups excluding carboxylic acids is 1. The first-order valence-corrected chi connectivity index (χ1v) is 8.92. The Morgan fingerprint density at radius 1 is 1.07 bits per heavy atom. The van der Waals surface area contributed by atoms with E-state index in [-0.39, 0.29) is 24.8 Å². The fourth-order valence-corrected chi connectivity index (χ4v) is 3.19. The van der Waals surface area contributed by atoms with Crippen molar-refractivity contribution in [1.29, 1.82) is 0 Å². The number of ether oxygens (including phenoxy) is 2. The average Bonchev–Trinajstić information content (AvgIpc) is 3.17. The second-order valence-corrected chi connectivity index (χ2v) is 6.38. The van der Waals surface area contributed by atoms with Crippen LogP contribution in [0.1, 0.15) is 36.4 Å². The van der Waals surface area contributed by atoms with E-state index in [0.717, 1.165) is 16.8 Å². The number of aliphatic carboxylic acids is 1. The van der Waals surface area contributed by atoms with Crippen LogP contribution in [0.5, 0.6) is 11.5 Å². The zero-order valence-corrected chi connectivity index (χ0v) is 15.8. The third-order valence-electron chi connectivity index (χ3n) is 4.62. The van der Waals surface area contributed by atoms with E-state index >= 15 is 0 Å². The van der Waals surface area contributed by atoms with E-state index < -0.39 is 5.97 Å². The van der Waals surface area contributed by atoms with Gasteiger partial charge in [0.1, 0.15) is 0 Å². The summed E-state index contributed by atoms with van der Waals surface area (Å²) >= 11 is 0. The molecule has 2 aromatic carbocycles. The molecule has 0 aromatic heterocycles. The van der Waals surface area contributed by atoms with E-state index in [1.165, 1.54) is 5.01 Å². The van der Waals surface area contributed by atoms with Crippen molar-refractivity contribution in [1.82, 2.24) is 5.01 Å². The Balaban J connectivity index is 1.94. The Morgan fingerprint density at radius 2 is 1.79 bits per heavy atom. The summed E-state index contributed by atoms with van der Waals surface area (Å²) in [6.07, 6.45) is 0.188. The standard InChI is InChI=1S/C21H22N2O5/c1-27-18-9-8-15(12-19(18)28-2)17-13-16(14-6-4-3-5-7-14)22-23(17)20(24)10-11-21(25)26/h3-9,12,17H,10-11,13H2,1-2H3,(H,25,26)/t17-/m1/s1. The summed E-state index contributed by atoms with van der Waals surface area (Å²) in [6.45, 7) is 0. The number of rotatable bonds is 7. The van der Waals surface area contributed by atoms with E-state index in [1.54, 1.807) is 20.3 Å². The number of carbonyl (C=O) groups is 2. The van der Waals surface area contributed by atoms with Crippen LogP contribution in [0.15, 0.2) is 53.6 Å². The van der Waals surface area contributed by atoms with Crippen molar-refractivity contribution < 1.29 is 24.2 Å². The van der Waals surface area contributed by atoms with E-state index in [0.29, 0.717) is 17.9 Å². The van der Waals surface area contributed by atoms with Crippen LogP contribution < -0.4 is 9.47 Å². The van der Waals surface area contributed by atoms with Gasteiger partial charge in [-0.25, -0.2) is 5.01 Å². The van der Waals surface area contributed by atoms with E-state index in [9.17, 15) is 9.59 Å². The van der Waals surface area contributed by atoms with Crippen molar-refractivity contribution in [2.45, 2.75) is 25.3 Å². The number of hydrogen-bond donors (Lipinski definition) is 1. The maximum atomic E-state index is 12.7. The number of carboxylic acid groups (broad SMARTS) is 1. The van der Waals surface area contributed by atoms with Gasteiger partial charge in [-0.05, 0) is 23.3 Å². The summed E-state index contributed by atoms with van der Waals surface area (Å²) in [7, 11) is 3.11. The number of amides is 1. The maximum absolute atomic E-state index is 12.7. The SMILES string of the molecule is COc1ccc([C@H]2CC(c3ccccc3)=NN2C(=O)CCC(=O)O)cc1OC. The van der Waals surface area contributed by atoms with Gasteiger partial charge in [-0.2, -0.15) is 5.10 Å². The van der Waals surface area contributed by atoms with Crippen LogP contribution in [-0.2, 0) is 9.59 Å². The molecule has 0 bridgehead atoms. The minimum atomic E-state index is -1.01. The van der Waals surface area contributed by atoms with Crippen LogP contribution in [0.2, 0.25) is 0 Å². The summed E-state index contributed by atoms with van der Waals surface area (Å²) in [5, 5.41) is 14.8. The highest BCUT2D eigenvalue weighted by atomic mass is 16.5. The second-order valence-electron chi connectivity index (χ2n) is 6.38. The Kier molecular flexibility index (Phi) is 5.93. The molecule has 0 aliphatic carbocycles. The molecule has 1 aliphatic heterocycles. The normalized spacial score (nSPS) is 15.9. The first-order valence-electron chi connectivity index (χ1n) is 8.92. The zero-order valence-electron chi connectivity index (χ0n) is 15.8. The fraction of sp³-hybridized carbons (Fsp3) is 0.286. The number of nitrogens with zero attached hydrogens (tertiary/aromatic N) is 2. The molecule has 28 heavy (non-hydrogen) atoms. The lowest BCUT2D eigenvalue weighted by Gasteiger charge is -2.22. The molecule has 146 valence electrons. The molecule has 1 heterocycles. The van der Waals surface area contributed by atoms with Crippen LogP contribution >= 0.6 is 0 Å². The molecule has 1 atom stereocenters. The first-order chi connectivity index (χ1) is 13.5. The summed E-state index contributed by atoms with van der Waals surface area (Å²) in [4.78, 5) is 23.6. The number of hydrogen-bond acceptors (Lipinski definition) is 5. The molecule has 0 unspecified atom stereocenters. The Hall–Kier alpha value is -3.35. The minimum Gasteiger partial charge on any atom is -0.493 e. The highest BCUT2D eigenvalue weighted by Gasteiger charge is 2.33. The molecular weight excluding hydrogens is 360 g/mol. The summed E-state index contributed by atoms with van der Waals surface area (Å²) < 4.78 is 10.7. The lowest BCUT2D eigenvalue weighted by atomic mass is 9.98. The highest BCUT2D eigenvalue weighted by molar-refractivity contribution is 6.03. The molecule has 0 saturated heterocycles. The van der Waals surface area contributed by atoms with Gasteiger partial charge in [0, 0.05) is 12.8 Å². The van der Waals surface area contributed by atoms with Crippen molar-refractivity contribution in [2.75, 3.05) is 14.2 Å². The Morgan fingerprint density at radius 3 is 2.43 bits per heavy atom. The molecule has 1 amide bonds. The van der Waals surface area contributed by atoms with Crippen molar-refractivity contribution in [2.24, 2.45) is 5.10 Å². The number of hydrazone groups is 1. The molecule has 3 rings (SSSR count). The molecule has 0 fully saturated rings. The Bertz CT molecular complexity index is 895. The summed E-state index contributed by atoms with van der Waals surface area (Å²) in [6, 6.07) is 14.8. The summed E-state index contributed by atoms with van der Waals surface area (Å²) in [5.74, 6) is -0.182. The third kappa shape index (κ3) is 4.14. The molecular formula is C21H22N2O5.